The molecule has 0 spiro atoms. The molecule has 3 N–H and O–H groups in total. The third kappa shape index (κ3) is 4.74. The summed E-state index contributed by atoms with van der Waals surface area (Å²) in [6, 6.07) is 14.2. The van der Waals surface area contributed by atoms with Gasteiger partial charge in [-0.2, -0.15) is 13.2 Å². The Morgan fingerprint density at radius 3 is 2.67 bits per heavy atom. The Morgan fingerprint density at radius 1 is 1.12 bits per heavy atom. The topological polar surface area (TPSA) is 96.0 Å². The molecule has 2 heterocycles. The lowest BCUT2D eigenvalue weighted by Crippen LogP contribution is -2.57. The Labute approximate surface area is 191 Å². The van der Waals surface area contributed by atoms with E-state index in [2.05, 4.69) is 25.5 Å². The first-order valence-corrected chi connectivity index (χ1v) is 10.8. The molecule has 0 amide bonds. The zero-order valence-corrected chi connectivity index (χ0v) is 18.2. The molecule has 172 valence electrons. The van der Waals surface area contributed by atoms with Gasteiger partial charge in [-0.25, -0.2) is 4.98 Å². The van der Waals surface area contributed by atoms with Crippen LogP contribution in [0.25, 0.3) is 10.9 Å². The lowest BCUT2D eigenvalue weighted by molar-refractivity contribution is -0.254. The number of H-pyrrole nitrogens is 1. The van der Waals surface area contributed by atoms with Gasteiger partial charge in [-0.3, -0.25) is 10.1 Å². The van der Waals surface area contributed by atoms with E-state index in [0.717, 1.165) is 11.8 Å². The van der Waals surface area contributed by atoms with Crippen LogP contribution < -0.4 is 10.1 Å². The van der Waals surface area contributed by atoms with Crippen molar-refractivity contribution in [3.63, 3.8) is 0 Å². The second-order valence-corrected chi connectivity index (χ2v) is 8.17. The highest BCUT2D eigenvalue weighted by atomic mass is 32.2. The maximum Gasteiger partial charge on any atom is 0.437 e. The maximum absolute atomic E-state index is 14.6. The van der Waals surface area contributed by atoms with E-state index >= 15 is 0 Å². The molecule has 11 heteroatoms. The van der Waals surface area contributed by atoms with Crippen molar-refractivity contribution in [2.75, 3.05) is 18.2 Å². The minimum Gasteiger partial charge on any atom is -0.497 e. The molecule has 2 aromatic heterocycles. The van der Waals surface area contributed by atoms with Gasteiger partial charge in [0, 0.05) is 23.0 Å². The standard InChI is InChI=1S/C22H20F3N5O2S/c1-32-15-6-2-5-14(11-15)17(12-33-20-27-13-28-30-20)21(31,22(23,24)25)29-19-9-3-8-18-16(19)7-4-10-26-18/h2-11,13,17,29,31H,12H2,1H3,(H,27,28,30). The van der Waals surface area contributed by atoms with Crippen LogP contribution in [-0.2, 0) is 0 Å². The van der Waals surface area contributed by atoms with E-state index in [9.17, 15) is 18.3 Å². The SMILES string of the molecule is COc1cccc(C(CSc2nc[nH]n2)C(O)(Nc2cccc3ncccc23)C(F)(F)F)c1. The number of pyridine rings is 1. The summed E-state index contributed by atoms with van der Waals surface area (Å²) in [5.74, 6) is -1.24. The summed E-state index contributed by atoms with van der Waals surface area (Å²) in [6.45, 7) is 0. The third-order valence-electron chi connectivity index (χ3n) is 5.18. The number of aromatic amines is 1. The molecule has 33 heavy (non-hydrogen) atoms. The number of alkyl halides is 3. The number of hydrogen-bond donors (Lipinski definition) is 3. The number of hydrogen-bond acceptors (Lipinski definition) is 7. The number of nitrogens with zero attached hydrogens (tertiary/aromatic N) is 3. The number of aromatic nitrogens is 4. The fourth-order valence-electron chi connectivity index (χ4n) is 3.51. The summed E-state index contributed by atoms with van der Waals surface area (Å²) in [6.07, 6.45) is -2.15. The molecule has 0 radical (unpaired) electrons. The monoisotopic (exact) mass is 475 g/mol. The highest BCUT2D eigenvalue weighted by molar-refractivity contribution is 7.99. The molecule has 0 bridgehead atoms. The van der Waals surface area contributed by atoms with Gasteiger partial charge in [0.25, 0.3) is 0 Å². The van der Waals surface area contributed by atoms with E-state index < -0.39 is 17.8 Å². The molecule has 0 saturated heterocycles. The molecule has 0 aliphatic heterocycles. The molecule has 0 saturated carbocycles. The Morgan fingerprint density at radius 2 is 1.94 bits per heavy atom. The van der Waals surface area contributed by atoms with Crippen LogP contribution in [0.3, 0.4) is 0 Å². The summed E-state index contributed by atoms with van der Waals surface area (Å²) >= 11 is 0.994. The number of fused-ring (bicyclic) bond motifs is 1. The predicted octanol–water partition coefficient (Wildman–Crippen LogP) is 4.60. The fraction of sp³-hybridized carbons (Fsp3) is 0.227. The van der Waals surface area contributed by atoms with Gasteiger partial charge in [-0.05, 0) is 42.0 Å². The molecular weight excluding hydrogens is 455 g/mol. The van der Waals surface area contributed by atoms with Crippen LogP contribution in [-0.4, -0.2) is 50.0 Å². The number of rotatable bonds is 8. The van der Waals surface area contributed by atoms with Gasteiger partial charge in [0.1, 0.15) is 12.1 Å². The van der Waals surface area contributed by atoms with Gasteiger partial charge in [0.05, 0.1) is 18.5 Å². The molecule has 2 atom stereocenters. The maximum atomic E-state index is 14.6. The van der Waals surface area contributed by atoms with Gasteiger partial charge >= 0.3 is 6.18 Å². The van der Waals surface area contributed by atoms with Crippen LogP contribution in [0.4, 0.5) is 18.9 Å². The summed E-state index contributed by atoms with van der Waals surface area (Å²) < 4.78 is 48.9. The van der Waals surface area contributed by atoms with Crippen molar-refractivity contribution >= 4 is 28.4 Å². The molecular formula is C22H20F3N5O2S. The number of halogens is 3. The minimum atomic E-state index is -5.04. The molecule has 0 fully saturated rings. The zero-order chi connectivity index (χ0) is 23.5. The summed E-state index contributed by atoms with van der Waals surface area (Å²) in [5.41, 5.74) is -2.48. The van der Waals surface area contributed by atoms with Crippen LogP contribution in [0.1, 0.15) is 11.5 Å². The van der Waals surface area contributed by atoms with Gasteiger partial charge in [-0.15, -0.1) is 5.10 Å². The quantitative estimate of drug-likeness (QED) is 0.253. The first-order valence-electron chi connectivity index (χ1n) is 9.85. The van der Waals surface area contributed by atoms with Crippen LogP contribution in [0, 0.1) is 0 Å². The van der Waals surface area contributed by atoms with Crippen molar-refractivity contribution in [3.05, 3.63) is 72.7 Å². The van der Waals surface area contributed by atoms with Crippen molar-refractivity contribution < 1.29 is 23.0 Å². The minimum absolute atomic E-state index is 0.108. The van der Waals surface area contributed by atoms with Crippen molar-refractivity contribution in [1.82, 2.24) is 20.2 Å². The van der Waals surface area contributed by atoms with Crippen LogP contribution in [0.15, 0.2) is 72.3 Å². The lowest BCUT2D eigenvalue weighted by atomic mass is 9.88. The summed E-state index contributed by atoms with van der Waals surface area (Å²) in [5, 5.41) is 20.8. The van der Waals surface area contributed by atoms with Gasteiger partial charge < -0.3 is 15.2 Å². The zero-order valence-electron chi connectivity index (χ0n) is 17.4. The number of ether oxygens (including phenoxy) is 1. The smallest absolute Gasteiger partial charge is 0.437 e. The summed E-state index contributed by atoms with van der Waals surface area (Å²) in [7, 11) is 1.42. The third-order valence-corrected chi connectivity index (χ3v) is 6.13. The molecule has 4 aromatic rings. The van der Waals surface area contributed by atoms with Crippen molar-refractivity contribution in [1.29, 1.82) is 0 Å². The van der Waals surface area contributed by atoms with E-state index in [0.29, 0.717) is 16.7 Å². The summed E-state index contributed by atoms with van der Waals surface area (Å²) in [4.78, 5) is 8.15. The fourth-order valence-corrected chi connectivity index (χ4v) is 4.51. The highest BCUT2D eigenvalue weighted by Crippen LogP contribution is 2.45. The van der Waals surface area contributed by atoms with E-state index in [1.807, 2.05) is 0 Å². The number of aliphatic hydroxyl groups is 1. The van der Waals surface area contributed by atoms with Crippen molar-refractivity contribution in [3.8, 4) is 5.75 Å². The molecule has 7 nitrogen and oxygen atoms in total. The van der Waals surface area contributed by atoms with Crippen LogP contribution in [0.5, 0.6) is 5.75 Å². The number of anilines is 1. The molecule has 2 aromatic carbocycles. The first kappa shape index (κ1) is 22.9. The number of thioether (sulfide) groups is 1. The average Bonchev–Trinajstić information content (AvgIpc) is 3.32. The molecule has 2 unspecified atom stereocenters. The largest absolute Gasteiger partial charge is 0.497 e. The first-order chi connectivity index (χ1) is 15.8. The Balaban J connectivity index is 1.81. The Kier molecular flexibility index (Phi) is 6.43. The van der Waals surface area contributed by atoms with Crippen LogP contribution >= 0.6 is 11.8 Å². The van der Waals surface area contributed by atoms with Crippen LogP contribution in [0.2, 0.25) is 0 Å². The van der Waals surface area contributed by atoms with Gasteiger partial charge in [0.2, 0.25) is 10.9 Å². The van der Waals surface area contributed by atoms with Gasteiger partial charge in [-0.1, -0.05) is 30.0 Å². The highest BCUT2D eigenvalue weighted by Gasteiger charge is 2.59. The van der Waals surface area contributed by atoms with E-state index in [-0.39, 0.29) is 22.2 Å². The second kappa shape index (κ2) is 9.28. The average molecular weight is 475 g/mol. The van der Waals surface area contributed by atoms with Crippen molar-refractivity contribution in [2.45, 2.75) is 23.0 Å². The second-order valence-electron chi connectivity index (χ2n) is 7.19. The Bertz CT molecular complexity index is 1220. The normalized spacial score (nSPS) is 14.6. The lowest BCUT2D eigenvalue weighted by Gasteiger charge is -2.39. The predicted molar refractivity (Wildman–Crippen MR) is 119 cm³/mol. The number of nitrogens with one attached hydrogen (secondary N) is 2. The molecule has 0 aliphatic rings. The van der Waals surface area contributed by atoms with E-state index in [1.165, 1.54) is 31.6 Å². The Hall–Kier alpha value is -3.31. The van der Waals surface area contributed by atoms with Gasteiger partial charge in [0.15, 0.2) is 0 Å². The number of benzene rings is 2. The van der Waals surface area contributed by atoms with E-state index in [4.69, 9.17) is 4.74 Å². The molecule has 4 rings (SSSR count). The van der Waals surface area contributed by atoms with Crippen molar-refractivity contribution in [2.24, 2.45) is 0 Å². The number of methoxy groups -OCH3 is 1. The van der Waals surface area contributed by atoms with E-state index in [1.54, 1.807) is 42.6 Å². The molecule has 0 aliphatic carbocycles.